The zero-order chi connectivity index (χ0) is 29.8. The van der Waals surface area contributed by atoms with Crippen LogP contribution in [0.1, 0.15) is 50.7 Å². The van der Waals surface area contributed by atoms with Crippen molar-refractivity contribution in [2.24, 2.45) is 0 Å². The number of carboxylic acids is 1. The smallest absolute Gasteiger partial charge is 0.407 e. The second-order valence-electron chi connectivity index (χ2n) is 10.5. The maximum Gasteiger partial charge on any atom is 0.407 e. The van der Waals surface area contributed by atoms with Crippen LogP contribution < -0.4 is 10.6 Å². The molecule has 3 rings (SSSR count). The van der Waals surface area contributed by atoms with Crippen LogP contribution >= 0.6 is 0 Å². The highest BCUT2D eigenvalue weighted by molar-refractivity contribution is 5.83. The summed E-state index contributed by atoms with van der Waals surface area (Å²) in [5, 5.41) is 13.8. The van der Waals surface area contributed by atoms with Crippen molar-refractivity contribution in [1.82, 2.24) is 10.6 Å². The van der Waals surface area contributed by atoms with Crippen molar-refractivity contribution < 1.29 is 43.2 Å². The second-order valence-corrected chi connectivity index (χ2v) is 10.5. The molecule has 0 spiro atoms. The molecule has 0 saturated carbocycles. The van der Waals surface area contributed by atoms with Gasteiger partial charge in [-0.1, -0.05) is 48.5 Å². The number of amides is 2. The van der Waals surface area contributed by atoms with Crippen LogP contribution in [0.5, 0.6) is 0 Å². The number of hydrogen-bond acceptors (Lipinski definition) is 8. The summed E-state index contributed by atoms with van der Waals surface area (Å²) in [5.74, 6) is -2.19. The van der Waals surface area contributed by atoms with Crippen molar-refractivity contribution in [3.8, 4) is 11.1 Å². The van der Waals surface area contributed by atoms with Crippen LogP contribution in [0.25, 0.3) is 11.1 Å². The van der Waals surface area contributed by atoms with E-state index in [1.807, 2.05) is 48.5 Å². The number of alkyl carbamates (subject to hydrolysis) is 1. The normalized spacial score (nSPS) is 13.0. The minimum atomic E-state index is -1.08. The summed E-state index contributed by atoms with van der Waals surface area (Å²) in [4.78, 5) is 48.3. The first-order chi connectivity index (χ1) is 19.5. The van der Waals surface area contributed by atoms with E-state index in [-0.39, 0.29) is 57.6 Å². The van der Waals surface area contributed by atoms with Gasteiger partial charge in [-0.05, 0) is 49.4 Å². The number of nitrogens with one attached hydrogen (secondary N) is 2. The predicted molar refractivity (Wildman–Crippen MR) is 149 cm³/mol. The fourth-order valence-corrected chi connectivity index (χ4v) is 4.41. The largest absolute Gasteiger partial charge is 0.480 e. The van der Waals surface area contributed by atoms with Crippen molar-refractivity contribution in [1.29, 1.82) is 0 Å². The third kappa shape index (κ3) is 10.2. The van der Waals surface area contributed by atoms with Gasteiger partial charge in [0.2, 0.25) is 5.91 Å². The summed E-state index contributed by atoms with van der Waals surface area (Å²) in [6, 6.07) is 14.9. The Balaban J connectivity index is 1.49. The maximum absolute atomic E-state index is 12.8. The predicted octanol–water partition coefficient (Wildman–Crippen LogP) is 3.25. The SMILES string of the molecule is CC(C)(C)OC(=O)[C@H](CCC(=O)NCCOCCOCC(=O)O)NC(=O)OCC1c2ccccc2-c2ccccc21. The van der Waals surface area contributed by atoms with E-state index in [0.29, 0.717) is 0 Å². The number of esters is 1. The molecular formula is C30H38N2O9. The van der Waals surface area contributed by atoms with Crippen LogP contribution in [0.15, 0.2) is 48.5 Å². The Bertz CT molecular complexity index is 1160. The van der Waals surface area contributed by atoms with Crippen LogP contribution in [0.3, 0.4) is 0 Å². The Kier molecular flexibility index (Phi) is 11.7. The number of benzene rings is 2. The molecule has 3 N–H and O–H groups in total. The Labute approximate surface area is 239 Å². The first-order valence-corrected chi connectivity index (χ1v) is 13.5. The molecule has 1 aliphatic carbocycles. The summed E-state index contributed by atoms with van der Waals surface area (Å²) in [6.45, 7) is 5.57. The number of rotatable bonds is 15. The first kappa shape index (κ1) is 31.6. The van der Waals surface area contributed by atoms with E-state index in [1.165, 1.54) is 0 Å². The number of carbonyl (C=O) groups is 4. The Morgan fingerprint density at radius 1 is 0.902 bits per heavy atom. The quantitative estimate of drug-likeness (QED) is 0.217. The van der Waals surface area contributed by atoms with E-state index in [1.54, 1.807) is 20.8 Å². The zero-order valence-electron chi connectivity index (χ0n) is 23.6. The topological polar surface area (TPSA) is 149 Å². The summed E-state index contributed by atoms with van der Waals surface area (Å²) < 4.78 is 21.1. The van der Waals surface area contributed by atoms with Crippen LogP contribution in [0, 0.1) is 0 Å². The second kappa shape index (κ2) is 15.2. The molecule has 0 saturated heterocycles. The number of carbonyl (C=O) groups excluding carboxylic acids is 3. The summed E-state index contributed by atoms with van der Waals surface area (Å²) in [7, 11) is 0. The monoisotopic (exact) mass is 570 g/mol. The minimum Gasteiger partial charge on any atom is -0.480 e. The van der Waals surface area contributed by atoms with Gasteiger partial charge in [0.05, 0.1) is 19.8 Å². The van der Waals surface area contributed by atoms with Crippen molar-refractivity contribution in [2.45, 2.75) is 51.2 Å². The lowest BCUT2D eigenvalue weighted by Gasteiger charge is -2.24. The third-order valence-corrected chi connectivity index (χ3v) is 6.15. The van der Waals surface area contributed by atoms with Crippen LogP contribution in [0.4, 0.5) is 4.79 Å². The molecule has 1 atom stereocenters. The lowest BCUT2D eigenvalue weighted by atomic mass is 9.98. The zero-order valence-corrected chi connectivity index (χ0v) is 23.6. The number of aliphatic carboxylic acids is 1. The molecule has 1 aliphatic rings. The Morgan fingerprint density at radius 3 is 2.12 bits per heavy atom. The maximum atomic E-state index is 12.8. The van der Waals surface area contributed by atoms with E-state index in [2.05, 4.69) is 10.6 Å². The third-order valence-electron chi connectivity index (χ3n) is 6.15. The van der Waals surface area contributed by atoms with E-state index in [4.69, 9.17) is 24.1 Å². The number of ether oxygens (including phenoxy) is 4. The minimum absolute atomic E-state index is 0.00876. The first-order valence-electron chi connectivity index (χ1n) is 13.5. The van der Waals surface area contributed by atoms with Gasteiger partial charge in [-0.25, -0.2) is 14.4 Å². The van der Waals surface area contributed by atoms with E-state index in [0.717, 1.165) is 22.3 Å². The van der Waals surface area contributed by atoms with Gasteiger partial charge in [-0.2, -0.15) is 0 Å². The van der Waals surface area contributed by atoms with Gasteiger partial charge in [0.15, 0.2) is 0 Å². The van der Waals surface area contributed by atoms with Gasteiger partial charge in [-0.15, -0.1) is 0 Å². The molecule has 41 heavy (non-hydrogen) atoms. The molecule has 11 nitrogen and oxygen atoms in total. The summed E-state index contributed by atoms with van der Waals surface area (Å²) >= 11 is 0. The van der Waals surface area contributed by atoms with Gasteiger partial charge in [0, 0.05) is 18.9 Å². The molecule has 11 heteroatoms. The van der Waals surface area contributed by atoms with Crippen molar-refractivity contribution in [3.05, 3.63) is 59.7 Å². The molecule has 2 aromatic rings. The van der Waals surface area contributed by atoms with Crippen LogP contribution in [0.2, 0.25) is 0 Å². The van der Waals surface area contributed by atoms with Gasteiger partial charge in [-0.3, -0.25) is 4.79 Å². The molecule has 0 aliphatic heterocycles. The van der Waals surface area contributed by atoms with Gasteiger partial charge in [0.1, 0.15) is 24.9 Å². The average molecular weight is 571 g/mol. The van der Waals surface area contributed by atoms with Gasteiger partial charge in [0.25, 0.3) is 0 Å². The van der Waals surface area contributed by atoms with E-state index >= 15 is 0 Å². The lowest BCUT2D eigenvalue weighted by molar-refractivity contribution is -0.157. The van der Waals surface area contributed by atoms with Crippen molar-refractivity contribution in [3.63, 3.8) is 0 Å². The number of hydrogen-bond donors (Lipinski definition) is 3. The molecule has 0 bridgehead atoms. The molecule has 2 amide bonds. The molecule has 222 valence electrons. The molecule has 0 unspecified atom stereocenters. The lowest BCUT2D eigenvalue weighted by Crippen LogP contribution is -2.45. The Morgan fingerprint density at radius 2 is 1.51 bits per heavy atom. The van der Waals surface area contributed by atoms with E-state index < -0.39 is 36.3 Å². The number of fused-ring (bicyclic) bond motifs is 3. The van der Waals surface area contributed by atoms with E-state index in [9.17, 15) is 19.2 Å². The van der Waals surface area contributed by atoms with Crippen LogP contribution in [-0.4, -0.2) is 80.3 Å². The van der Waals surface area contributed by atoms with Gasteiger partial charge < -0.3 is 34.7 Å². The summed E-state index contributed by atoms with van der Waals surface area (Å²) in [6.07, 6.45) is -0.814. The van der Waals surface area contributed by atoms with Gasteiger partial charge >= 0.3 is 18.0 Å². The number of carboxylic acid groups (broad SMARTS) is 1. The molecule has 0 fully saturated rings. The highest BCUT2D eigenvalue weighted by Crippen LogP contribution is 2.44. The Hall–Kier alpha value is -3.96. The molecule has 0 aromatic heterocycles. The fourth-order valence-electron chi connectivity index (χ4n) is 4.41. The molecule has 0 radical (unpaired) electrons. The average Bonchev–Trinajstić information content (AvgIpc) is 3.23. The molecule has 2 aromatic carbocycles. The van der Waals surface area contributed by atoms with Crippen LogP contribution in [-0.2, 0) is 33.3 Å². The molecular weight excluding hydrogens is 532 g/mol. The standard InChI is InChI=1S/C30H38N2O9/c1-30(2,3)41-28(36)25(12-13-26(33)31-14-15-38-16-17-39-19-27(34)35)32-29(37)40-18-24-22-10-6-4-8-20(22)21-9-5-7-11-23(21)24/h4-11,24-25H,12-19H2,1-3H3,(H,31,33)(H,32,37)(H,34,35)/t25-/m0/s1. The van der Waals surface area contributed by atoms with Crippen molar-refractivity contribution >= 4 is 23.9 Å². The van der Waals surface area contributed by atoms with Crippen molar-refractivity contribution in [2.75, 3.05) is 39.6 Å². The molecule has 0 heterocycles. The highest BCUT2D eigenvalue weighted by Gasteiger charge is 2.31. The summed E-state index contributed by atoms with van der Waals surface area (Å²) in [5.41, 5.74) is 3.56. The fraction of sp³-hybridized carbons (Fsp3) is 0.467. The highest BCUT2D eigenvalue weighted by atomic mass is 16.6.